The van der Waals surface area contributed by atoms with Gasteiger partial charge in [-0.1, -0.05) is 42.8 Å². The molecule has 4 heteroatoms. The van der Waals surface area contributed by atoms with Gasteiger partial charge in [-0.05, 0) is 36.8 Å². The van der Waals surface area contributed by atoms with Crippen molar-refractivity contribution in [1.82, 2.24) is 10.6 Å². The molecule has 2 unspecified atom stereocenters. The summed E-state index contributed by atoms with van der Waals surface area (Å²) < 4.78 is 0. The van der Waals surface area contributed by atoms with Gasteiger partial charge in [0.05, 0.1) is 6.04 Å². The maximum atomic E-state index is 4.32. The van der Waals surface area contributed by atoms with Crippen LogP contribution in [0.2, 0.25) is 0 Å². The molecule has 2 atom stereocenters. The van der Waals surface area contributed by atoms with Crippen LogP contribution >= 0.6 is 11.3 Å². The van der Waals surface area contributed by atoms with Crippen molar-refractivity contribution in [3.05, 3.63) is 57.8 Å². The first-order chi connectivity index (χ1) is 10.6. The topological polar surface area (TPSA) is 36.4 Å². The second-order valence-electron chi connectivity index (χ2n) is 5.65. The van der Waals surface area contributed by atoms with E-state index in [0.29, 0.717) is 5.92 Å². The van der Waals surface area contributed by atoms with Gasteiger partial charge in [-0.15, -0.1) is 11.3 Å². The highest BCUT2D eigenvalue weighted by Crippen LogP contribution is 2.18. The highest BCUT2D eigenvalue weighted by molar-refractivity contribution is 7.10. The van der Waals surface area contributed by atoms with Crippen LogP contribution in [-0.4, -0.2) is 19.6 Å². The molecule has 2 N–H and O–H groups in total. The quantitative estimate of drug-likeness (QED) is 0.644. The van der Waals surface area contributed by atoms with Gasteiger partial charge in [0.25, 0.3) is 0 Å². The van der Waals surface area contributed by atoms with Gasteiger partial charge >= 0.3 is 0 Å². The molecule has 0 saturated carbocycles. The molecule has 118 valence electrons. The van der Waals surface area contributed by atoms with Crippen LogP contribution in [0.25, 0.3) is 0 Å². The molecule has 0 saturated heterocycles. The van der Waals surface area contributed by atoms with E-state index in [0.717, 1.165) is 12.5 Å². The number of nitrogens with one attached hydrogen (secondary N) is 2. The lowest BCUT2D eigenvalue weighted by molar-refractivity contribution is 0.663. The van der Waals surface area contributed by atoms with E-state index in [4.69, 9.17) is 0 Å². The number of rotatable bonds is 5. The minimum Gasteiger partial charge on any atom is -0.356 e. The molecule has 22 heavy (non-hydrogen) atoms. The molecule has 0 amide bonds. The van der Waals surface area contributed by atoms with Gasteiger partial charge in [0.15, 0.2) is 5.96 Å². The minimum absolute atomic E-state index is 0.264. The van der Waals surface area contributed by atoms with Crippen molar-refractivity contribution >= 4 is 17.3 Å². The second kappa shape index (κ2) is 7.99. The van der Waals surface area contributed by atoms with E-state index in [1.54, 1.807) is 11.3 Å². The number of aryl methyl sites for hydroxylation is 1. The Morgan fingerprint density at radius 2 is 2.05 bits per heavy atom. The molecule has 0 radical (unpaired) electrons. The zero-order valence-corrected chi connectivity index (χ0v) is 14.6. The summed E-state index contributed by atoms with van der Waals surface area (Å²) in [6.45, 7) is 7.38. The van der Waals surface area contributed by atoms with E-state index >= 15 is 0 Å². The number of hydrogen-bond acceptors (Lipinski definition) is 2. The summed E-state index contributed by atoms with van der Waals surface area (Å²) >= 11 is 1.76. The largest absolute Gasteiger partial charge is 0.356 e. The van der Waals surface area contributed by atoms with E-state index in [2.05, 4.69) is 78.2 Å². The average molecular weight is 315 g/mol. The minimum atomic E-state index is 0.264. The Labute approximate surface area is 137 Å². The van der Waals surface area contributed by atoms with E-state index in [1.165, 1.54) is 16.0 Å². The Kier molecular flexibility index (Phi) is 6.01. The normalized spacial score (nSPS) is 14.5. The molecule has 0 aliphatic carbocycles. The van der Waals surface area contributed by atoms with Crippen LogP contribution in [0.1, 0.15) is 41.8 Å². The molecule has 0 spiro atoms. The molecule has 3 nitrogen and oxygen atoms in total. The molecule has 0 fully saturated rings. The highest BCUT2D eigenvalue weighted by atomic mass is 32.1. The molecule has 0 aliphatic rings. The van der Waals surface area contributed by atoms with E-state index in [1.807, 2.05) is 7.05 Å². The van der Waals surface area contributed by atoms with E-state index in [-0.39, 0.29) is 6.04 Å². The second-order valence-corrected chi connectivity index (χ2v) is 6.63. The van der Waals surface area contributed by atoms with Gasteiger partial charge in [-0.2, -0.15) is 0 Å². The average Bonchev–Trinajstić information content (AvgIpc) is 3.05. The van der Waals surface area contributed by atoms with Crippen molar-refractivity contribution in [1.29, 1.82) is 0 Å². The first kappa shape index (κ1) is 16.6. The summed E-state index contributed by atoms with van der Waals surface area (Å²) in [7, 11) is 1.81. The van der Waals surface area contributed by atoms with Gasteiger partial charge in [0, 0.05) is 18.5 Å². The summed E-state index contributed by atoms with van der Waals surface area (Å²) in [4.78, 5) is 5.63. The van der Waals surface area contributed by atoms with Crippen LogP contribution in [0.3, 0.4) is 0 Å². The van der Waals surface area contributed by atoms with Gasteiger partial charge in [-0.3, -0.25) is 4.99 Å². The van der Waals surface area contributed by atoms with Crippen LogP contribution in [0.4, 0.5) is 0 Å². The fraction of sp³-hybridized carbons (Fsp3) is 0.389. The highest BCUT2D eigenvalue weighted by Gasteiger charge is 2.10. The maximum Gasteiger partial charge on any atom is 0.191 e. The Balaban J connectivity index is 1.88. The number of benzene rings is 1. The summed E-state index contributed by atoms with van der Waals surface area (Å²) in [6.07, 6.45) is 0. The summed E-state index contributed by atoms with van der Waals surface area (Å²) in [6, 6.07) is 13.2. The van der Waals surface area contributed by atoms with Crippen molar-refractivity contribution in [2.45, 2.75) is 32.7 Å². The van der Waals surface area contributed by atoms with Crippen molar-refractivity contribution in [3.8, 4) is 0 Å². The molecular weight excluding hydrogens is 290 g/mol. The molecule has 2 rings (SSSR count). The summed E-state index contributed by atoms with van der Waals surface area (Å²) in [5.74, 6) is 1.29. The molecule has 1 aromatic carbocycles. The first-order valence-corrected chi connectivity index (χ1v) is 8.55. The SMILES string of the molecule is CN=C(NCC(C)c1cccc(C)c1)NC(C)c1cccs1. The first-order valence-electron chi connectivity index (χ1n) is 7.67. The maximum absolute atomic E-state index is 4.32. The third kappa shape index (κ3) is 4.60. The van der Waals surface area contributed by atoms with Crippen LogP contribution in [0, 0.1) is 6.92 Å². The number of hydrogen-bond donors (Lipinski definition) is 2. The molecule has 1 aromatic heterocycles. The number of guanidine groups is 1. The Bertz CT molecular complexity index is 605. The van der Waals surface area contributed by atoms with E-state index < -0.39 is 0 Å². The van der Waals surface area contributed by atoms with Gasteiger partial charge in [0.2, 0.25) is 0 Å². The van der Waals surface area contributed by atoms with Crippen molar-refractivity contribution in [2.24, 2.45) is 4.99 Å². The third-order valence-electron chi connectivity index (χ3n) is 3.73. The van der Waals surface area contributed by atoms with Crippen molar-refractivity contribution in [2.75, 3.05) is 13.6 Å². The zero-order valence-electron chi connectivity index (χ0n) is 13.8. The summed E-state index contributed by atoms with van der Waals surface area (Å²) in [5.41, 5.74) is 2.66. The smallest absolute Gasteiger partial charge is 0.191 e. The van der Waals surface area contributed by atoms with Crippen LogP contribution in [0.5, 0.6) is 0 Å². The Hall–Kier alpha value is -1.81. The van der Waals surface area contributed by atoms with Gasteiger partial charge in [-0.25, -0.2) is 0 Å². The standard InChI is InChI=1S/C18H25N3S/c1-13-7-5-8-16(11-13)14(2)12-20-18(19-4)21-15(3)17-9-6-10-22-17/h5-11,14-15H,12H2,1-4H3,(H2,19,20,21). The Morgan fingerprint density at radius 1 is 1.23 bits per heavy atom. The number of thiophene rings is 1. The predicted octanol–water partition coefficient (Wildman–Crippen LogP) is 4.09. The van der Waals surface area contributed by atoms with Crippen LogP contribution in [-0.2, 0) is 0 Å². The Morgan fingerprint density at radius 3 is 2.68 bits per heavy atom. The van der Waals surface area contributed by atoms with Crippen LogP contribution < -0.4 is 10.6 Å². The molecule has 0 aliphatic heterocycles. The van der Waals surface area contributed by atoms with Gasteiger partial charge < -0.3 is 10.6 Å². The molecule has 1 heterocycles. The fourth-order valence-electron chi connectivity index (χ4n) is 2.35. The third-order valence-corrected chi connectivity index (χ3v) is 4.79. The molecule has 2 aromatic rings. The lowest BCUT2D eigenvalue weighted by Gasteiger charge is -2.19. The lowest BCUT2D eigenvalue weighted by Crippen LogP contribution is -2.40. The van der Waals surface area contributed by atoms with Crippen molar-refractivity contribution in [3.63, 3.8) is 0 Å². The van der Waals surface area contributed by atoms with Gasteiger partial charge in [0.1, 0.15) is 0 Å². The van der Waals surface area contributed by atoms with E-state index in [9.17, 15) is 0 Å². The molecule has 0 bridgehead atoms. The zero-order chi connectivity index (χ0) is 15.9. The van der Waals surface area contributed by atoms with Crippen molar-refractivity contribution < 1.29 is 0 Å². The number of aliphatic imine (C=N–C) groups is 1. The monoisotopic (exact) mass is 315 g/mol. The lowest BCUT2D eigenvalue weighted by atomic mass is 9.99. The summed E-state index contributed by atoms with van der Waals surface area (Å²) in [5, 5.41) is 8.96. The molecular formula is C18H25N3S. The van der Waals surface area contributed by atoms with Crippen LogP contribution in [0.15, 0.2) is 46.8 Å². The fourth-order valence-corrected chi connectivity index (χ4v) is 3.09. The predicted molar refractivity (Wildman–Crippen MR) is 96.8 cm³/mol. The number of nitrogens with zero attached hydrogens (tertiary/aromatic N) is 1.